The molecule has 118 valence electrons. The highest BCUT2D eigenvalue weighted by atomic mass is 79.9. The number of amides is 2. The zero-order valence-corrected chi connectivity index (χ0v) is 14.9. The molecule has 0 N–H and O–H groups in total. The SMILES string of the molecule is CCOc1c(Br)cc(/C=C2/SC(=O)N(CC)C2=O)cc1OC. The second-order valence-electron chi connectivity index (χ2n) is 4.39. The van der Waals surface area contributed by atoms with Gasteiger partial charge in [0.05, 0.1) is 23.1 Å². The number of rotatable bonds is 5. The molecule has 5 nitrogen and oxygen atoms in total. The van der Waals surface area contributed by atoms with Crippen LogP contribution in [0.2, 0.25) is 0 Å². The highest BCUT2D eigenvalue weighted by Crippen LogP contribution is 2.39. The van der Waals surface area contributed by atoms with Gasteiger partial charge in [0.1, 0.15) is 0 Å². The number of imide groups is 1. The van der Waals surface area contributed by atoms with E-state index in [4.69, 9.17) is 9.47 Å². The summed E-state index contributed by atoms with van der Waals surface area (Å²) in [6.45, 7) is 4.55. The molecule has 1 saturated heterocycles. The largest absolute Gasteiger partial charge is 0.493 e. The molecular formula is C15H16BrNO4S. The summed E-state index contributed by atoms with van der Waals surface area (Å²) in [4.78, 5) is 25.5. The highest BCUT2D eigenvalue weighted by Gasteiger charge is 2.33. The zero-order chi connectivity index (χ0) is 16.3. The van der Waals surface area contributed by atoms with Crippen molar-refractivity contribution in [3.05, 3.63) is 27.1 Å². The van der Waals surface area contributed by atoms with Crippen molar-refractivity contribution in [3.63, 3.8) is 0 Å². The van der Waals surface area contributed by atoms with Crippen molar-refractivity contribution in [2.45, 2.75) is 13.8 Å². The first-order valence-electron chi connectivity index (χ1n) is 6.77. The molecule has 7 heteroatoms. The van der Waals surface area contributed by atoms with Gasteiger partial charge in [-0.05, 0) is 65.3 Å². The van der Waals surface area contributed by atoms with Crippen LogP contribution >= 0.6 is 27.7 Å². The van der Waals surface area contributed by atoms with E-state index in [0.717, 1.165) is 21.8 Å². The number of hydrogen-bond donors (Lipinski definition) is 0. The average Bonchev–Trinajstić information content (AvgIpc) is 2.75. The molecule has 0 radical (unpaired) electrons. The van der Waals surface area contributed by atoms with Crippen LogP contribution < -0.4 is 9.47 Å². The standard InChI is InChI=1S/C15H16BrNO4S/c1-4-17-14(18)12(22-15(17)19)8-9-6-10(16)13(21-5-2)11(7-9)20-3/h6-8H,4-5H2,1-3H3/b12-8+. The number of likely N-dealkylation sites (N-methyl/N-ethyl adjacent to an activating group) is 1. The smallest absolute Gasteiger partial charge is 0.293 e. The molecule has 0 atom stereocenters. The number of methoxy groups -OCH3 is 1. The molecular weight excluding hydrogens is 370 g/mol. The molecule has 0 aliphatic carbocycles. The molecule has 1 heterocycles. The monoisotopic (exact) mass is 385 g/mol. The van der Waals surface area contributed by atoms with E-state index < -0.39 is 0 Å². The molecule has 2 amide bonds. The Labute approximate surface area is 141 Å². The number of ether oxygens (including phenoxy) is 2. The van der Waals surface area contributed by atoms with Crippen molar-refractivity contribution in [1.82, 2.24) is 4.90 Å². The van der Waals surface area contributed by atoms with Crippen LogP contribution in [0.15, 0.2) is 21.5 Å². The van der Waals surface area contributed by atoms with Gasteiger partial charge in [0.25, 0.3) is 11.1 Å². The Morgan fingerprint density at radius 3 is 2.59 bits per heavy atom. The van der Waals surface area contributed by atoms with Gasteiger partial charge < -0.3 is 9.47 Å². The second kappa shape index (κ2) is 7.19. The van der Waals surface area contributed by atoms with Crippen LogP contribution in [-0.2, 0) is 4.79 Å². The van der Waals surface area contributed by atoms with E-state index in [9.17, 15) is 9.59 Å². The molecule has 1 aromatic carbocycles. The molecule has 1 aromatic rings. The average molecular weight is 386 g/mol. The summed E-state index contributed by atoms with van der Waals surface area (Å²) in [5, 5.41) is -0.240. The Bertz CT molecular complexity index is 645. The van der Waals surface area contributed by atoms with Gasteiger partial charge in [-0.15, -0.1) is 0 Å². The molecule has 0 saturated carbocycles. The third-order valence-electron chi connectivity index (χ3n) is 3.03. The molecule has 1 aliphatic rings. The van der Waals surface area contributed by atoms with E-state index in [-0.39, 0.29) is 11.1 Å². The van der Waals surface area contributed by atoms with Crippen LogP contribution in [0, 0.1) is 0 Å². The topological polar surface area (TPSA) is 55.8 Å². The van der Waals surface area contributed by atoms with Crippen molar-refractivity contribution in [2.75, 3.05) is 20.3 Å². The Balaban J connectivity index is 2.38. The highest BCUT2D eigenvalue weighted by molar-refractivity contribution is 9.10. The van der Waals surface area contributed by atoms with E-state index in [1.54, 1.807) is 26.2 Å². The van der Waals surface area contributed by atoms with Crippen molar-refractivity contribution >= 4 is 44.9 Å². The number of carbonyl (C=O) groups excluding carboxylic acids is 2. The molecule has 1 fully saturated rings. The fourth-order valence-electron chi connectivity index (χ4n) is 2.03. The van der Waals surface area contributed by atoms with Gasteiger partial charge >= 0.3 is 0 Å². The zero-order valence-electron chi connectivity index (χ0n) is 12.5. The maximum Gasteiger partial charge on any atom is 0.293 e. The Hall–Kier alpha value is -1.47. The number of benzene rings is 1. The van der Waals surface area contributed by atoms with Crippen LogP contribution in [-0.4, -0.2) is 36.3 Å². The Morgan fingerprint density at radius 2 is 2.05 bits per heavy atom. The van der Waals surface area contributed by atoms with E-state index in [1.165, 1.54) is 4.90 Å². The number of halogens is 1. The number of thioether (sulfide) groups is 1. The molecule has 0 spiro atoms. The Kier molecular flexibility index (Phi) is 5.52. The summed E-state index contributed by atoms with van der Waals surface area (Å²) in [6.07, 6.45) is 1.68. The quantitative estimate of drug-likeness (QED) is 0.719. The fourth-order valence-corrected chi connectivity index (χ4v) is 3.51. The predicted octanol–water partition coefficient (Wildman–Crippen LogP) is 3.91. The summed E-state index contributed by atoms with van der Waals surface area (Å²) >= 11 is 4.38. The first-order valence-corrected chi connectivity index (χ1v) is 8.38. The maximum atomic E-state index is 12.1. The molecule has 0 aromatic heterocycles. The summed E-state index contributed by atoms with van der Waals surface area (Å²) in [5.41, 5.74) is 0.758. The molecule has 2 rings (SSSR count). The lowest BCUT2D eigenvalue weighted by Gasteiger charge is -2.12. The third-order valence-corrected chi connectivity index (χ3v) is 4.52. The molecule has 1 aliphatic heterocycles. The lowest BCUT2D eigenvalue weighted by molar-refractivity contribution is -0.122. The van der Waals surface area contributed by atoms with Gasteiger partial charge in [-0.2, -0.15) is 0 Å². The van der Waals surface area contributed by atoms with Crippen molar-refractivity contribution in [1.29, 1.82) is 0 Å². The normalized spacial score (nSPS) is 16.5. The lowest BCUT2D eigenvalue weighted by Crippen LogP contribution is -2.27. The number of carbonyl (C=O) groups is 2. The summed E-state index contributed by atoms with van der Waals surface area (Å²) in [6, 6.07) is 3.60. The first kappa shape index (κ1) is 16.9. The van der Waals surface area contributed by atoms with Gasteiger partial charge in [-0.3, -0.25) is 14.5 Å². The van der Waals surface area contributed by atoms with Crippen LogP contribution in [0.5, 0.6) is 11.5 Å². The third kappa shape index (κ3) is 3.30. The molecule has 0 bridgehead atoms. The van der Waals surface area contributed by atoms with E-state index >= 15 is 0 Å². The van der Waals surface area contributed by atoms with Gasteiger partial charge in [-0.1, -0.05) is 0 Å². The van der Waals surface area contributed by atoms with E-state index in [1.807, 2.05) is 13.0 Å². The van der Waals surface area contributed by atoms with Gasteiger partial charge in [0.15, 0.2) is 11.5 Å². The van der Waals surface area contributed by atoms with Crippen molar-refractivity contribution in [3.8, 4) is 11.5 Å². The summed E-state index contributed by atoms with van der Waals surface area (Å²) in [5.74, 6) is 0.919. The van der Waals surface area contributed by atoms with E-state index in [0.29, 0.717) is 29.6 Å². The van der Waals surface area contributed by atoms with Gasteiger partial charge in [0, 0.05) is 6.54 Å². The van der Waals surface area contributed by atoms with Crippen LogP contribution in [0.3, 0.4) is 0 Å². The summed E-state index contributed by atoms with van der Waals surface area (Å²) < 4.78 is 11.6. The van der Waals surface area contributed by atoms with E-state index in [2.05, 4.69) is 15.9 Å². The van der Waals surface area contributed by atoms with Crippen molar-refractivity contribution < 1.29 is 19.1 Å². The Morgan fingerprint density at radius 1 is 1.32 bits per heavy atom. The fraction of sp³-hybridized carbons (Fsp3) is 0.333. The minimum Gasteiger partial charge on any atom is -0.493 e. The van der Waals surface area contributed by atoms with Crippen molar-refractivity contribution in [2.24, 2.45) is 0 Å². The lowest BCUT2D eigenvalue weighted by atomic mass is 10.2. The number of nitrogens with zero attached hydrogens (tertiary/aromatic N) is 1. The predicted molar refractivity (Wildman–Crippen MR) is 90.2 cm³/mol. The van der Waals surface area contributed by atoms with Crippen LogP contribution in [0.25, 0.3) is 6.08 Å². The number of hydrogen-bond acceptors (Lipinski definition) is 5. The summed E-state index contributed by atoms with van der Waals surface area (Å²) in [7, 11) is 1.55. The molecule has 22 heavy (non-hydrogen) atoms. The maximum absolute atomic E-state index is 12.1. The van der Waals surface area contributed by atoms with Gasteiger partial charge in [0.2, 0.25) is 0 Å². The van der Waals surface area contributed by atoms with Gasteiger partial charge in [-0.25, -0.2) is 0 Å². The molecule has 0 unspecified atom stereocenters. The first-order chi connectivity index (χ1) is 10.5. The van der Waals surface area contributed by atoms with Crippen LogP contribution in [0.1, 0.15) is 19.4 Å². The second-order valence-corrected chi connectivity index (χ2v) is 6.24. The minimum absolute atomic E-state index is 0.240. The minimum atomic E-state index is -0.263. The van der Waals surface area contributed by atoms with Crippen LogP contribution in [0.4, 0.5) is 4.79 Å².